The maximum absolute atomic E-state index is 12.5. The molecule has 3 atom stereocenters. The fraction of sp³-hybridized carbons (Fsp3) is 0.625. The molecule has 0 unspecified atom stereocenters. The third kappa shape index (κ3) is 3.06. The molecule has 2 saturated heterocycles. The first-order valence-corrected chi connectivity index (χ1v) is 7.93. The Bertz CT molecular complexity index is 556. The van der Waals surface area contributed by atoms with Crippen LogP contribution in [-0.2, 0) is 9.47 Å². The van der Waals surface area contributed by atoms with Crippen LogP contribution in [0.5, 0.6) is 0 Å². The molecule has 2 bridgehead atoms. The lowest BCUT2D eigenvalue weighted by molar-refractivity contribution is -0.0382. The third-order valence-electron chi connectivity index (χ3n) is 4.12. The lowest BCUT2D eigenvalue weighted by atomic mass is 9.93. The maximum Gasteiger partial charge on any atom is 0.410 e. The zero-order chi connectivity index (χ0) is 15.9. The van der Waals surface area contributed by atoms with Crippen LogP contribution in [0.25, 0.3) is 0 Å². The van der Waals surface area contributed by atoms with Crippen molar-refractivity contribution in [3.05, 3.63) is 29.0 Å². The van der Waals surface area contributed by atoms with E-state index >= 15 is 0 Å². The topological polar surface area (TPSA) is 51.7 Å². The molecular formula is C16H21ClN2O3. The van der Waals surface area contributed by atoms with Crippen molar-refractivity contribution in [2.75, 3.05) is 13.2 Å². The lowest BCUT2D eigenvalue weighted by Gasteiger charge is -2.36. The Hall–Kier alpha value is -1.33. The molecule has 0 N–H and O–H groups in total. The second kappa shape index (κ2) is 5.70. The highest BCUT2D eigenvalue weighted by Crippen LogP contribution is 2.41. The Balaban J connectivity index is 1.82. The lowest BCUT2D eigenvalue weighted by Crippen LogP contribution is -2.51. The molecule has 0 radical (unpaired) electrons. The van der Waals surface area contributed by atoms with Gasteiger partial charge in [0.15, 0.2) is 0 Å². The molecule has 3 rings (SSSR count). The van der Waals surface area contributed by atoms with E-state index in [4.69, 9.17) is 21.1 Å². The van der Waals surface area contributed by atoms with E-state index in [1.165, 1.54) is 0 Å². The number of ether oxygens (including phenoxy) is 2. The average Bonchev–Trinajstić information content (AvgIpc) is 2.65. The summed E-state index contributed by atoms with van der Waals surface area (Å²) in [5.74, 6) is 0.213. The van der Waals surface area contributed by atoms with Crippen molar-refractivity contribution in [2.24, 2.45) is 0 Å². The quantitative estimate of drug-likeness (QED) is 0.744. The van der Waals surface area contributed by atoms with E-state index in [-0.39, 0.29) is 24.1 Å². The summed E-state index contributed by atoms with van der Waals surface area (Å²) in [7, 11) is 0. The molecular weight excluding hydrogens is 304 g/mol. The van der Waals surface area contributed by atoms with E-state index in [9.17, 15) is 4.79 Å². The van der Waals surface area contributed by atoms with Gasteiger partial charge < -0.3 is 9.47 Å². The van der Waals surface area contributed by atoms with Crippen LogP contribution in [0.15, 0.2) is 18.3 Å². The van der Waals surface area contributed by atoms with Crippen LogP contribution < -0.4 is 0 Å². The fourth-order valence-corrected chi connectivity index (χ4v) is 3.37. The molecule has 2 aliphatic rings. The van der Waals surface area contributed by atoms with Gasteiger partial charge in [-0.25, -0.2) is 9.78 Å². The van der Waals surface area contributed by atoms with Crippen molar-refractivity contribution < 1.29 is 14.3 Å². The van der Waals surface area contributed by atoms with Gasteiger partial charge in [0.05, 0.1) is 25.3 Å². The monoisotopic (exact) mass is 324 g/mol. The number of halogens is 1. The van der Waals surface area contributed by atoms with E-state index in [1.54, 1.807) is 12.3 Å². The molecule has 120 valence electrons. The summed E-state index contributed by atoms with van der Waals surface area (Å²) in [6.45, 7) is 6.74. The van der Waals surface area contributed by atoms with E-state index in [0.29, 0.717) is 18.4 Å². The molecule has 0 aliphatic carbocycles. The molecule has 6 heteroatoms. The van der Waals surface area contributed by atoms with E-state index in [2.05, 4.69) is 4.98 Å². The van der Waals surface area contributed by atoms with Crippen molar-refractivity contribution in [3.8, 4) is 0 Å². The number of aromatic nitrogens is 1. The zero-order valence-electron chi connectivity index (χ0n) is 13.1. The zero-order valence-corrected chi connectivity index (χ0v) is 13.8. The number of amides is 1. The number of carbonyl (C=O) groups excluding carboxylic acids is 1. The number of hydrogen-bond acceptors (Lipinski definition) is 4. The predicted octanol–water partition coefficient (Wildman–Crippen LogP) is 3.23. The van der Waals surface area contributed by atoms with Gasteiger partial charge in [-0.05, 0) is 38.8 Å². The molecule has 3 heterocycles. The molecule has 1 amide bonds. The third-order valence-corrected chi connectivity index (χ3v) is 4.35. The van der Waals surface area contributed by atoms with Crippen molar-refractivity contribution in [3.63, 3.8) is 0 Å². The SMILES string of the molecule is CC(C)(C)OC(=O)N1[C@H]2COC[C@@H]1[C@@H](c1ccc(Cl)nc1)C2. The maximum atomic E-state index is 12.5. The first-order valence-electron chi connectivity index (χ1n) is 7.55. The Kier molecular flexibility index (Phi) is 4.03. The number of pyridine rings is 1. The van der Waals surface area contributed by atoms with Gasteiger partial charge in [0.2, 0.25) is 0 Å². The molecule has 1 aromatic heterocycles. The summed E-state index contributed by atoms with van der Waals surface area (Å²) < 4.78 is 11.2. The van der Waals surface area contributed by atoms with Gasteiger partial charge in [-0.15, -0.1) is 0 Å². The summed E-state index contributed by atoms with van der Waals surface area (Å²) in [6.07, 6.45) is 2.41. The summed E-state index contributed by atoms with van der Waals surface area (Å²) in [4.78, 5) is 18.5. The second-order valence-electron chi connectivity index (χ2n) is 6.90. The van der Waals surface area contributed by atoms with Crippen LogP contribution in [0.3, 0.4) is 0 Å². The Morgan fingerprint density at radius 2 is 2.18 bits per heavy atom. The normalized spacial score (nSPS) is 27.8. The summed E-state index contributed by atoms with van der Waals surface area (Å²) in [5, 5.41) is 0.477. The number of morpholine rings is 1. The number of fused-ring (bicyclic) bond motifs is 2. The predicted molar refractivity (Wildman–Crippen MR) is 83.1 cm³/mol. The number of nitrogens with zero attached hydrogens (tertiary/aromatic N) is 2. The summed E-state index contributed by atoms with van der Waals surface area (Å²) in [6, 6.07) is 3.83. The molecule has 22 heavy (non-hydrogen) atoms. The van der Waals surface area contributed by atoms with Crippen molar-refractivity contribution in [1.82, 2.24) is 9.88 Å². The Labute approximate surface area is 135 Å². The van der Waals surface area contributed by atoms with Gasteiger partial charge in [0.25, 0.3) is 0 Å². The van der Waals surface area contributed by atoms with Gasteiger partial charge in [0.1, 0.15) is 10.8 Å². The second-order valence-corrected chi connectivity index (χ2v) is 7.29. The van der Waals surface area contributed by atoms with E-state index in [1.807, 2.05) is 31.7 Å². The van der Waals surface area contributed by atoms with Gasteiger partial charge in [-0.1, -0.05) is 17.7 Å². The van der Waals surface area contributed by atoms with Crippen LogP contribution in [-0.4, -0.2) is 46.9 Å². The largest absolute Gasteiger partial charge is 0.444 e. The summed E-state index contributed by atoms with van der Waals surface area (Å²) >= 11 is 5.86. The van der Waals surface area contributed by atoms with Gasteiger partial charge >= 0.3 is 6.09 Å². The van der Waals surface area contributed by atoms with E-state index < -0.39 is 5.60 Å². The minimum Gasteiger partial charge on any atom is -0.444 e. The van der Waals surface area contributed by atoms with Crippen LogP contribution >= 0.6 is 11.6 Å². The molecule has 0 saturated carbocycles. The van der Waals surface area contributed by atoms with Crippen LogP contribution in [0.4, 0.5) is 4.79 Å². The first kappa shape index (κ1) is 15.6. The summed E-state index contributed by atoms with van der Waals surface area (Å²) in [5.41, 5.74) is 0.600. The highest BCUT2D eigenvalue weighted by atomic mass is 35.5. The number of rotatable bonds is 1. The highest BCUT2D eigenvalue weighted by Gasteiger charge is 2.48. The molecule has 1 aromatic rings. The minimum absolute atomic E-state index is 0.00317. The number of carbonyl (C=O) groups is 1. The van der Waals surface area contributed by atoms with Crippen molar-refractivity contribution in [2.45, 2.75) is 50.8 Å². The van der Waals surface area contributed by atoms with Crippen LogP contribution in [0, 0.1) is 0 Å². The Morgan fingerprint density at radius 1 is 1.41 bits per heavy atom. The molecule has 2 aliphatic heterocycles. The minimum atomic E-state index is -0.494. The van der Waals surface area contributed by atoms with E-state index in [0.717, 1.165) is 12.0 Å². The van der Waals surface area contributed by atoms with Gasteiger partial charge in [-0.2, -0.15) is 0 Å². The molecule has 0 aromatic carbocycles. The van der Waals surface area contributed by atoms with Gasteiger partial charge in [-0.3, -0.25) is 4.90 Å². The molecule has 5 nitrogen and oxygen atoms in total. The standard InChI is InChI=1S/C16H21ClN2O3/c1-16(2,3)22-15(20)19-11-6-12(13(19)9-21-8-11)10-4-5-14(17)18-7-10/h4-5,7,11-13H,6,8-9H2,1-3H3/t11-,12-,13-/m1/s1. The highest BCUT2D eigenvalue weighted by molar-refractivity contribution is 6.29. The molecule has 2 fully saturated rings. The average molecular weight is 325 g/mol. The van der Waals surface area contributed by atoms with Crippen molar-refractivity contribution in [1.29, 1.82) is 0 Å². The van der Waals surface area contributed by atoms with Crippen LogP contribution in [0.2, 0.25) is 5.15 Å². The number of hydrogen-bond donors (Lipinski definition) is 0. The van der Waals surface area contributed by atoms with Gasteiger partial charge in [0, 0.05) is 12.1 Å². The smallest absolute Gasteiger partial charge is 0.410 e. The Morgan fingerprint density at radius 3 is 2.82 bits per heavy atom. The van der Waals surface area contributed by atoms with Crippen molar-refractivity contribution >= 4 is 17.7 Å². The first-order chi connectivity index (χ1) is 10.3. The molecule has 0 spiro atoms. The van der Waals surface area contributed by atoms with Crippen LogP contribution in [0.1, 0.15) is 38.7 Å². The fourth-order valence-electron chi connectivity index (χ4n) is 3.26.